The van der Waals surface area contributed by atoms with E-state index >= 15 is 0 Å². The van der Waals surface area contributed by atoms with Crippen LogP contribution in [0, 0.1) is 29.5 Å². The molecule has 0 spiro atoms. The quantitative estimate of drug-likeness (QED) is 0.426. The van der Waals surface area contributed by atoms with Gasteiger partial charge in [-0.1, -0.05) is 43.5 Å². The Balaban J connectivity index is 1.38. The molecular weight excluding hydrogens is 371 g/mol. The van der Waals surface area contributed by atoms with Crippen molar-refractivity contribution in [1.29, 1.82) is 0 Å². The van der Waals surface area contributed by atoms with Crippen molar-refractivity contribution >= 4 is 11.6 Å². The average molecular weight is 407 g/mol. The molecule has 2 fully saturated rings. The summed E-state index contributed by atoms with van der Waals surface area (Å²) in [4.78, 5) is 0. The molecule has 1 aromatic carbocycles. The Bertz CT molecular complexity index is 613. The van der Waals surface area contributed by atoms with Gasteiger partial charge in [0.2, 0.25) is 0 Å². The molecule has 0 bridgehead atoms. The van der Waals surface area contributed by atoms with Crippen LogP contribution in [0.3, 0.4) is 0 Å². The molecular formula is C25H36ClFO. The Hall–Kier alpha value is -1.02. The first-order valence-electron chi connectivity index (χ1n) is 11.4. The van der Waals surface area contributed by atoms with Crippen LogP contribution >= 0.6 is 11.6 Å². The maximum absolute atomic E-state index is 14.1. The van der Waals surface area contributed by atoms with Crippen LogP contribution in [0.4, 0.5) is 4.39 Å². The molecule has 2 aliphatic carbocycles. The molecule has 0 saturated heterocycles. The van der Waals surface area contributed by atoms with E-state index in [9.17, 15) is 4.39 Å². The monoisotopic (exact) mass is 406 g/mol. The third-order valence-corrected chi connectivity index (χ3v) is 7.16. The first-order valence-corrected chi connectivity index (χ1v) is 11.8. The highest BCUT2D eigenvalue weighted by Gasteiger charge is 2.30. The van der Waals surface area contributed by atoms with Crippen LogP contribution in [-0.2, 0) is 6.42 Å². The van der Waals surface area contributed by atoms with E-state index in [0.29, 0.717) is 18.3 Å². The third-order valence-electron chi connectivity index (χ3n) is 7.02. The second kappa shape index (κ2) is 11.2. The Morgan fingerprint density at radius 2 is 1.71 bits per heavy atom. The lowest BCUT2D eigenvalue weighted by Gasteiger charge is -2.37. The fourth-order valence-corrected chi connectivity index (χ4v) is 5.47. The smallest absolute Gasteiger partial charge is 0.165 e. The first-order chi connectivity index (χ1) is 13.7. The number of aryl methyl sites for hydroxylation is 1. The van der Waals surface area contributed by atoms with Gasteiger partial charge in [0, 0.05) is 5.54 Å². The van der Waals surface area contributed by atoms with Crippen molar-refractivity contribution < 1.29 is 9.13 Å². The van der Waals surface area contributed by atoms with E-state index in [2.05, 4.69) is 6.08 Å². The minimum Gasteiger partial charge on any atom is -0.491 e. The SMILES string of the molecule is CCCOc1ccc(CCC2CCC(C3CCC(/C=C/Cl)CC3)CC2)cc1F. The molecule has 0 atom stereocenters. The lowest BCUT2D eigenvalue weighted by molar-refractivity contribution is 0.153. The zero-order chi connectivity index (χ0) is 19.8. The Morgan fingerprint density at radius 1 is 1.04 bits per heavy atom. The van der Waals surface area contributed by atoms with Crippen molar-refractivity contribution in [2.24, 2.45) is 23.7 Å². The fraction of sp³-hybridized carbons (Fsp3) is 0.680. The van der Waals surface area contributed by atoms with Gasteiger partial charge in [0.1, 0.15) is 0 Å². The van der Waals surface area contributed by atoms with E-state index in [0.717, 1.165) is 36.2 Å². The van der Waals surface area contributed by atoms with Crippen molar-refractivity contribution in [1.82, 2.24) is 0 Å². The first kappa shape index (κ1) is 21.7. The van der Waals surface area contributed by atoms with E-state index in [4.69, 9.17) is 16.3 Å². The molecule has 0 N–H and O–H groups in total. The zero-order valence-electron chi connectivity index (χ0n) is 17.3. The van der Waals surface area contributed by atoms with Crippen LogP contribution in [-0.4, -0.2) is 6.61 Å². The molecule has 0 aliphatic heterocycles. The maximum atomic E-state index is 14.1. The predicted molar refractivity (Wildman–Crippen MR) is 116 cm³/mol. The zero-order valence-corrected chi connectivity index (χ0v) is 18.1. The van der Waals surface area contributed by atoms with Gasteiger partial charge in [-0.05, 0) is 99.2 Å². The average Bonchev–Trinajstić information content (AvgIpc) is 2.73. The number of ether oxygens (including phenoxy) is 1. The molecule has 0 aromatic heterocycles. The summed E-state index contributed by atoms with van der Waals surface area (Å²) < 4.78 is 19.6. The van der Waals surface area contributed by atoms with Crippen LogP contribution in [0.15, 0.2) is 29.8 Å². The summed E-state index contributed by atoms with van der Waals surface area (Å²) in [5, 5.41) is 0. The molecule has 1 aromatic rings. The number of allylic oxidation sites excluding steroid dienone is 1. The summed E-state index contributed by atoms with van der Waals surface area (Å²) >= 11 is 5.74. The largest absolute Gasteiger partial charge is 0.491 e. The van der Waals surface area contributed by atoms with Crippen molar-refractivity contribution in [3.05, 3.63) is 41.2 Å². The van der Waals surface area contributed by atoms with Gasteiger partial charge in [-0.25, -0.2) is 4.39 Å². The molecule has 3 heteroatoms. The van der Waals surface area contributed by atoms with Crippen molar-refractivity contribution in [3.8, 4) is 5.75 Å². The molecule has 3 rings (SSSR count). The second-order valence-corrected chi connectivity index (χ2v) is 9.18. The van der Waals surface area contributed by atoms with Gasteiger partial charge in [0.15, 0.2) is 11.6 Å². The summed E-state index contributed by atoms with van der Waals surface area (Å²) in [6.07, 6.45) is 16.1. The van der Waals surface area contributed by atoms with Gasteiger partial charge >= 0.3 is 0 Å². The van der Waals surface area contributed by atoms with Crippen molar-refractivity contribution in [3.63, 3.8) is 0 Å². The standard InChI is InChI=1S/C25H36ClFO/c1-2-17-28-25-14-9-21(18-24(25)27)4-3-19-5-10-22(11-6-19)23-12-7-20(8-13-23)15-16-26/h9,14-16,18-20,22-23H,2-8,10-13,17H2,1H3/b16-15+. The van der Waals surface area contributed by atoms with Crippen molar-refractivity contribution in [2.45, 2.75) is 77.6 Å². The van der Waals surface area contributed by atoms with E-state index in [-0.39, 0.29) is 5.82 Å². The van der Waals surface area contributed by atoms with Gasteiger partial charge in [0.25, 0.3) is 0 Å². The molecule has 156 valence electrons. The lowest BCUT2D eigenvalue weighted by Crippen LogP contribution is -2.25. The summed E-state index contributed by atoms with van der Waals surface area (Å²) in [6, 6.07) is 5.50. The van der Waals surface area contributed by atoms with E-state index in [1.165, 1.54) is 57.8 Å². The number of hydrogen-bond donors (Lipinski definition) is 0. The van der Waals surface area contributed by atoms with E-state index < -0.39 is 0 Å². The summed E-state index contributed by atoms with van der Waals surface area (Å²) in [7, 11) is 0. The van der Waals surface area contributed by atoms with Crippen LogP contribution in [0.2, 0.25) is 0 Å². The number of hydrogen-bond acceptors (Lipinski definition) is 1. The Kier molecular flexibility index (Phi) is 8.70. The molecule has 0 radical (unpaired) electrons. The number of rotatable bonds is 8. The highest BCUT2D eigenvalue weighted by molar-refractivity contribution is 6.25. The molecule has 0 heterocycles. The van der Waals surface area contributed by atoms with Gasteiger partial charge in [-0.15, -0.1) is 0 Å². The van der Waals surface area contributed by atoms with Crippen LogP contribution in [0.25, 0.3) is 0 Å². The van der Waals surface area contributed by atoms with Gasteiger partial charge < -0.3 is 4.74 Å². The molecule has 28 heavy (non-hydrogen) atoms. The summed E-state index contributed by atoms with van der Waals surface area (Å²) in [6.45, 7) is 2.61. The molecule has 2 saturated carbocycles. The molecule has 0 unspecified atom stereocenters. The lowest BCUT2D eigenvalue weighted by atomic mass is 9.68. The highest BCUT2D eigenvalue weighted by Crippen LogP contribution is 2.42. The molecule has 2 aliphatic rings. The minimum atomic E-state index is -0.214. The van der Waals surface area contributed by atoms with Gasteiger partial charge in [-0.3, -0.25) is 0 Å². The maximum Gasteiger partial charge on any atom is 0.165 e. The third kappa shape index (κ3) is 6.24. The van der Waals surface area contributed by atoms with Gasteiger partial charge in [0.05, 0.1) is 6.61 Å². The number of benzene rings is 1. The number of halogens is 2. The summed E-state index contributed by atoms with van der Waals surface area (Å²) in [5.74, 6) is 3.57. The normalized spacial score (nSPS) is 28.5. The second-order valence-electron chi connectivity index (χ2n) is 8.93. The Morgan fingerprint density at radius 3 is 2.32 bits per heavy atom. The summed E-state index contributed by atoms with van der Waals surface area (Å²) in [5.41, 5.74) is 2.81. The van der Waals surface area contributed by atoms with E-state index in [1.54, 1.807) is 17.7 Å². The predicted octanol–water partition coefficient (Wildman–Crippen LogP) is 7.91. The highest BCUT2D eigenvalue weighted by atomic mass is 35.5. The van der Waals surface area contributed by atoms with Crippen LogP contribution < -0.4 is 4.74 Å². The van der Waals surface area contributed by atoms with E-state index in [1.807, 2.05) is 13.0 Å². The van der Waals surface area contributed by atoms with Gasteiger partial charge in [-0.2, -0.15) is 0 Å². The molecule has 0 amide bonds. The van der Waals surface area contributed by atoms with Crippen LogP contribution in [0.5, 0.6) is 5.75 Å². The molecule has 1 nitrogen and oxygen atoms in total. The topological polar surface area (TPSA) is 9.23 Å². The van der Waals surface area contributed by atoms with Crippen molar-refractivity contribution in [2.75, 3.05) is 6.61 Å². The Labute approximate surface area is 175 Å². The fourth-order valence-electron chi connectivity index (χ4n) is 5.26. The van der Waals surface area contributed by atoms with Crippen LogP contribution in [0.1, 0.15) is 76.7 Å². The minimum absolute atomic E-state index is 0.214.